The molecule has 0 bridgehead atoms. The van der Waals surface area contributed by atoms with Gasteiger partial charge in [-0.15, -0.1) is 0 Å². The third-order valence-electron chi connectivity index (χ3n) is 5.15. The summed E-state index contributed by atoms with van der Waals surface area (Å²) in [6.45, 7) is 0.664. The molecule has 3 N–H and O–H groups in total. The molecule has 0 fully saturated rings. The van der Waals surface area contributed by atoms with Crippen LogP contribution < -0.4 is 5.32 Å². The molecule has 0 radical (unpaired) electrons. The number of aromatic nitrogens is 4. The summed E-state index contributed by atoms with van der Waals surface area (Å²) in [4.78, 5) is 36.4. The van der Waals surface area contributed by atoms with Crippen LogP contribution in [0.15, 0.2) is 66.2 Å². The summed E-state index contributed by atoms with van der Waals surface area (Å²) in [5, 5.41) is 22.2. The highest BCUT2D eigenvalue weighted by Crippen LogP contribution is 2.26. The fraction of sp³-hybridized carbons (Fsp3) is 0.208. The van der Waals surface area contributed by atoms with Gasteiger partial charge in [0, 0.05) is 30.5 Å². The molecule has 0 saturated carbocycles. The van der Waals surface area contributed by atoms with E-state index in [4.69, 9.17) is 5.11 Å². The highest BCUT2D eigenvalue weighted by molar-refractivity contribution is 7.98. The molecule has 9 nitrogen and oxygen atoms in total. The topological polar surface area (TPSA) is 130 Å². The van der Waals surface area contributed by atoms with Crippen LogP contribution in [-0.2, 0) is 17.1 Å². The number of hydrogen-bond acceptors (Lipinski definition) is 7. The molecule has 0 spiro atoms. The fourth-order valence-electron chi connectivity index (χ4n) is 3.44. The van der Waals surface area contributed by atoms with Gasteiger partial charge < -0.3 is 20.1 Å². The molecular weight excluding hydrogens is 454 g/mol. The second-order valence-corrected chi connectivity index (χ2v) is 8.57. The minimum atomic E-state index is -1.23. The Kier molecular flexibility index (Phi) is 7.38. The molecule has 0 atom stereocenters. The smallest absolute Gasteiger partial charge is 0.339 e. The number of carbonyl (C=O) groups is 2. The van der Waals surface area contributed by atoms with Crippen molar-refractivity contribution in [1.29, 1.82) is 0 Å². The molecule has 0 aliphatic heterocycles. The molecule has 0 aliphatic carbocycles. The van der Waals surface area contributed by atoms with Gasteiger partial charge in [-0.05, 0) is 30.5 Å². The molecule has 0 unspecified atom stereocenters. The Morgan fingerprint density at radius 1 is 1.03 bits per heavy atom. The van der Waals surface area contributed by atoms with Crippen LogP contribution in [-0.4, -0.2) is 41.6 Å². The van der Waals surface area contributed by atoms with Crippen LogP contribution in [0.5, 0.6) is 5.75 Å². The van der Waals surface area contributed by atoms with Crippen molar-refractivity contribution in [3.63, 3.8) is 0 Å². The summed E-state index contributed by atoms with van der Waals surface area (Å²) >= 11 is 1.62. The number of nitrogens with zero attached hydrogens (tertiary/aromatic N) is 4. The predicted octanol–water partition coefficient (Wildman–Crippen LogP) is 4.33. The van der Waals surface area contributed by atoms with E-state index in [2.05, 4.69) is 32.4 Å². The molecule has 4 rings (SSSR count). The van der Waals surface area contributed by atoms with Gasteiger partial charge in [-0.25, -0.2) is 19.7 Å². The standard InChI is InChI=1S/C24H23N5O4S/c30-19-12-17(9-10-18(19)24(32)33)28-20(31)8-4-5-11-29-15-27-21-22(29)25-14-26-23(21)34-13-16-6-2-1-3-7-16/h1-3,6-7,9-10,12,14-15,30H,4-5,8,11,13H2,(H,28,31)(H,32,33). The minimum Gasteiger partial charge on any atom is -0.507 e. The Balaban J connectivity index is 1.28. The third-order valence-corrected chi connectivity index (χ3v) is 6.20. The third kappa shape index (κ3) is 5.70. The first-order chi connectivity index (χ1) is 16.5. The number of anilines is 1. The second kappa shape index (κ2) is 10.8. The molecule has 2 heterocycles. The zero-order chi connectivity index (χ0) is 23.9. The first-order valence-corrected chi connectivity index (χ1v) is 11.7. The summed E-state index contributed by atoms with van der Waals surface area (Å²) in [5.41, 5.74) is 2.89. The summed E-state index contributed by atoms with van der Waals surface area (Å²) in [7, 11) is 0. The van der Waals surface area contributed by atoms with Crippen molar-refractivity contribution in [3.8, 4) is 5.75 Å². The molecule has 174 valence electrons. The number of nitrogens with one attached hydrogen (secondary N) is 1. The number of aryl methyl sites for hydroxylation is 1. The van der Waals surface area contributed by atoms with Crippen molar-refractivity contribution in [2.45, 2.75) is 36.6 Å². The quantitative estimate of drug-likeness (QED) is 0.175. The number of thioether (sulfide) groups is 1. The molecule has 2 aromatic carbocycles. The first kappa shape index (κ1) is 23.2. The van der Waals surface area contributed by atoms with Crippen molar-refractivity contribution < 1.29 is 19.8 Å². The van der Waals surface area contributed by atoms with E-state index in [-0.39, 0.29) is 17.2 Å². The van der Waals surface area contributed by atoms with Gasteiger partial charge in [0.2, 0.25) is 5.91 Å². The maximum atomic E-state index is 12.2. The van der Waals surface area contributed by atoms with E-state index < -0.39 is 5.97 Å². The van der Waals surface area contributed by atoms with Crippen molar-refractivity contribution >= 4 is 40.5 Å². The number of imidazole rings is 1. The minimum absolute atomic E-state index is 0.208. The van der Waals surface area contributed by atoms with Crippen LogP contribution in [0.2, 0.25) is 0 Å². The van der Waals surface area contributed by atoms with Crippen molar-refractivity contribution in [2.24, 2.45) is 0 Å². The normalized spacial score (nSPS) is 10.9. The maximum absolute atomic E-state index is 12.2. The number of phenols is 1. The highest BCUT2D eigenvalue weighted by Gasteiger charge is 2.12. The van der Waals surface area contributed by atoms with Crippen LogP contribution in [0.3, 0.4) is 0 Å². The van der Waals surface area contributed by atoms with Crippen molar-refractivity contribution in [1.82, 2.24) is 19.5 Å². The fourth-order valence-corrected chi connectivity index (χ4v) is 4.33. The number of rotatable bonds is 10. The molecule has 34 heavy (non-hydrogen) atoms. The molecule has 0 saturated heterocycles. The molecule has 0 aliphatic rings. The van der Waals surface area contributed by atoms with Gasteiger partial charge in [0.05, 0.1) is 6.33 Å². The van der Waals surface area contributed by atoms with E-state index in [9.17, 15) is 14.7 Å². The second-order valence-electron chi connectivity index (χ2n) is 7.61. The SMILES string of the molecule is O=C(CCCCn1cnc2c(SCc3ccccc3)ncnc21)Nc1ccc(C(=O)O)c(O)c1. The lowest BCUT2D eigenvalue weighted by Gasteiger charge is -2.08. The zero-order valence-electron chi connectivity index (χ0n) is 18.2. The molecular formula is C24H23N5O4S. The van der Waals surface area contributed by atoms with E-state index in [1.165, 1.54) is 23.8 Å². The van der Waals surface area contributed by atoms with Crippen LogP contribution in [0.4, 0.5) is 5.69 Å². The highest BCUT2D eigenvalue weighted by atomic mass is 32.2. The predicted molar refractivity (Wildman–Crippen MR) is 129 cm³/mol. The summed E-state index contributed by atoms with van der Waals surface area (Å²) in [6.07, 6.45) is 4.98. The Bertz CT molecular complexity index is 1310. The van der Waals surface area contributed by atoms with Crippen molar-refractivity contribution in [2.75, 3.05) is 5.32 Å². The number of unbranched alkanes of at least 4 members (excludes halogenated alkanes) is 1. The lowest BCUT2D eigenvalue weighted by atomic mass is 10.1. The number of carboxylic acids is 1. The molecule has 4 aromatic rings. The van der Waals surface area contributed by atoms with Gasteiger partial charge >= 0.3 is 5.97 Å². The summed E-state index contributed by atoms with van der Waals surface area (Å²) in [6, 6.07) is 14.1. The Hall–Kier alpha value is -3.92. The van der Waals surface area contributed by atoms with E-state index in [1.54, 1.807) is 24.4 Å². The van der Waals surface area contributed by atoms with Gasteiger partial charge in [0.15, 0.2) is 5.65 Å². The molecule has 10 heteroatoms. The number of aromatic carboxylic acids is 1. The van der Waals surface area contributed by atoms with Gasteiger partial charge in [0.25, 0.3) is 0 Å². The number of benzene rings is 2. The Morgan fingerprint density at radius 2 is 1.85 bits per heavy atom. The lowest BCUT2D eigenvalue weighted by molar-refractivity contribution is -0.116. The molecule has 2 aromatic heterocycles. The van der Waals surface area contributed by atoms with Crippen LogP contribution >= 0.6 is 11.8 Å². The van der Waals surface area contributed by atoms with E-state index in [0.717, 1.165) is 28.4 Å². The number of hydrogen-bond donors (Lipinski definition) is 3. The largest absolute Gasteiger partial charge is 0.507 e. The van der Waals surface area contributed by atoms with Gasteiger partial charge in [-0.2, -0.15) is 0 Å². The van der Waals surface area contributed by atoms with Gasteiger partial charge in [-0.3, -0.25) is 4.79 Å². The van der Waals surface area contributed by atoms with E-state index in [1.807, 2.05) is 22.8 Å². The van der Waals surface area contributed by atoms with Crippen LogP contribution in [0.1, 0.15) is 35.2 Å². The summed E-state index contributed by atoms with van der Waals surface area (Å²) in [5.74, 6) is -1.03. The van der Waals surface area contributed by atoms with E-state index >= 15 is 0 Å². The zero-order valence-corrected chi connectivity index (χ0v) is 19.0. The number of fused-ring (bicyclic) bond motifs is 1. The summed E-state index contributed by atoms with van der Waals surface area (Å²) < 4.78 is 1.96. The van der Waals surface area contributed by atoms with E-state index in [0.29, 0.717) is 25.1 Å². The van der Waals surface area contributed by atoms with Crippen LogP contribution in [0.25, 0.3) is 11.2 Å². The van der Waals surface area contributed by atoms with Crippen LogP contribution in [0, 0.1) is 0 Å². The molecule has 1 amide bonds. The monoisotopic (exact) mass is 477 g/mol. The average Bonchev–Trinajstić information content (AvgIpc) is 3.24. The number of carbonyl (C=O) groups excluding carboxylic acids is 1. The van der Waals surface area contributed by atoms with Gasteiger partial charge in [0.1, 0.15) is 28.2 Å². The Morgan fingerprint density at radius 3 is 2.62 bits per heavy atom. The Labute approximate surface area is 199 Å². The first-order valence-electron chi connectivity index (χ1n) is 10.7. The van der Waals surface area contributed by atoms with Gasteiger partial charge in [-0.1, -0.05) is 42.1 Å². The lowest BCUT2D eigenvalue weighted by Crippen LogP contribution is -2.11. The number of carboxylic acid groups (broad SMARTS) is 1. The van der Waals surface area contributed by atoms with Crippen molar-refractivity contribution in [3.05, 3.63) is 72.3 Å². The average molecular weight is 478 g/mol. The number of aromatic hydroxyl groups is 1. The maximum Gasteiger partial charge on any atom is 0.339 e. The number of amides is 1.